The van der Waals surface area contributed by atoms with E-state index >= 15 is 0 Å². The standard InChI is InChI=1S/C19H31N3O2S.HI/c1-5-16-14-22(11-12-25-16)19(20-6-2)21-10-9-15-7-8-17(23-3)18(13-15)24-4;/h7-8,13,16H,5-6,9-12,14H2,1-4H3,(H,20,21);1H. The van der Waals surface area contributed by atoms with Gasteiger partial charge in [-0.05, 0) is 37.5 Å². The van der Waals surface area contributed by atoms with E-state index in [1.807, 2.05) is 12.1 Å². The summed E-state index contributed by atoms with van der Waals surface area (Å²) in [7, 11) is 3.33. The Bertz CT molecular complexity index is 572. The average Bonchev–Trinajstić information content (AvgIpc) is 2.67. The third kappa shape index (κ3) is 6.72. The molecule has 2 rings (SSSR count). The number of thioether (sulfide) groups is 1. The summed E-state index contributed by atoms with van der Waals surface area (Å²) < 4.78 is 10.7. The van der Waals surface area contributed by atoms with Gasteiger partial charge in [-0.2, -0.15) is 11.8 Å². The van der Waals surface area contributed by atoms with E-state index in [1.54, 1.807) is 14.2 Å². The van der Waals surface area contributed by atoms with Gasteiger partial charge in [0.1, 0.15) is 0 Å². The molecular weight excluding hydrogens is 461 g/mol. The molecule has 5 nitrogen and oxygen atoms in total. The Morgan fingerprint density at radius 1 is 1.27 bits per heavy atom. The van der Waals surface area contributed by atoms with Gasteiger partial charge in [0.2, 0.25) is 0 Å². The fourth-order valence-corrected chi connectivity index (χ4v) is 4.09. The number of benzene rings is 1. The van der Waals surface area contributed by atoms with Crippen LogP contribution in [0.15, 0.2) is 23.2 Å². The molecule has 0 amide bonds. The van der Waals surface area contributed by atoms with Gasteiger partial charge >= 0.3 is 0 Å². The van der Waals surface area contributed by atoms with Crippen molar-refractivity contribution in [1.82, 2.24) is 10.2 Å². The Morgan fingerprint density at radius 2 is 2.04 bits per heavy atom. The Labute approximate surface area is 179 Å². The van der Waals surface area contributed by atoms with Crippen molar-refractivity contribution in [2.45, 2.75) is 31.9 Å². The van der Waals surface area contributed by atoms with Crippen molar-refractivity contribution in [1.29, 1.82) is 0 Å². The molecule has 1 aliphatic rings. The molecule has 26 heavy (non-hydrogen) atoms. The lowest BCUT2D eigenvalue weighted by Crippen LogP contribution is -2.48. The van der Waals surface area contributed by atoms with E-state index in [0.29, 0.717) is 5.25 Å². The van der Waals surface area contributed by atoms with Crippen LogP contribution in [0.1, 0.15) is 25.8 Å². The number of ether oxygens (including phenoxy) is 2. The number of aliphatic imine (C=N–C) groups is 1. The normalized spacial score (nSPS) is 17.5. The second-order valence-electron chi connectivity index (χ2n) is 6.02. The fourth-order valence-electron chi connectivity index (χ4n) is 2.91. The number of nitrogens with one attached hydrogen (secondary N) is 1. The average molecular weight is 493 g/mol. The number of nitrogens with zero attached hydrogens (tertiary/aromatic N) is 2. The SMILES string of the molecule is CCNC(=NCCc1ccc(OC)c(OC)c1)N1CCSC(CC)C1.I. The number of rotatable bonds is 7. The summed E-state index contributed by atoms with van der Waals surface area (Å²) in [6.07, 6.45) is 2.10. The molecule has 148 valence electrons. The summed E-state index contributed by atoms with van der Waals surface area (Å²) in [6, 6.07) is 6.07. The summed E-state index contributed by atoms with van der Waals surface area (Å²) in [5, 5.41) is 4.16. The Hall–Kier alpha value is -0.830. The van der Waals surface area contributed by atoms with E-state index in [1.165, 1.54) is 17.7 Å². The summed E-state index contributed by atoms with van der Waals surface area (Å²) in [4.78, 5) is 7.25. The van der Waals surface area contributed by atoms with E-state index in [-0.39, 0.29) is 24.0 Å². The van der Waals surface area contributed by atoms with Crippen molar-refractivity contribution in [3.05, 3.63) is 23.8 Å². The van der Waals surface area contributed by atoms with Gasteiger partial charge in [-0.15, -0.1) is 24.0 Å². The molecular formula is C19H32IN3O2S. The predicted molar refractivity (Wildman–Crippen MR) is 123 cm³/mol. The second-order valence-corrected chi connectivity index (χ2v) is 7.43. The molecule has 0 aromatic heterocycles. The largest absolute Gasteiger partial charge is 0.493 e. The lowest BCUT2D eigenvalue weighted by molar-refractivity contribution is 0.354. The molecule has 1 heterocycles. The smallest absolute Gasteiger partial charge is 0.193 e. The molecule has 0 bridgehead atoms. The molecule has 1 N–H and O–H groups in total. The van der Waals surface area contributed by atoms with Crippen LogP contribution in [0.25, 0.3) is 0 Å². The third-order valence-corrected chi connectivity index (χ3v) is 5.71. The monoisotopic (exact) mass is 493 g/mol. The molecule has 0 radical (unpaired) electrons. The quantitative estimate of drug-likeness (QED) is 0.357. The molecule has 1 fully saturated rings. The highest BCUT2D eigenvalue weighted by atomic mass is 127. The highest BCUT2D eigenvalue weighted by Gasteiger charge is 2.21. The van der Waals surface area contributed by atoms with E-state index in [2.05, 4.69) is 41.9 Å². The van der Waals surface area contributed by atoms with Crippen LogP contribution in [0.3, 0.4) is 0 Å². The second kappa shape index (κ2) is 12.5. The van der Waals surface area contributed by atoms with Gasteiger partial charge in [-0.3, -0.25) is 4.99 Å². The lowest BCUT2D eigenvalue weighted by Gasteiger charge is -2.34. The summed E-state index contributed by atoms with van der Waals surface area (Å²) in [5.41, 5.74) is 1.21. The minimum atomic E-state index is 0. The van der Waals surface area contributed by atoms with Gasteiger partial charge in [0.05, 0.1) is 14.2 Å². The zero-order chi connectivity index (χ0) is 18.1. The van der Waals surface area contributed by atoms with Gasteiger partial charge in [0.15, 0.2) is 17.5 Å². The van der Waals surface area contributed by atoms with Gasteiger partial charge < -0.3 is 19.7 Å². The summed E-state index contributed by atoms with van der Waals surface area (Å²) >= 11 is 2.08. The first-order valence-corrected chi connectivity index (χ1v) is 10.1. The first-order valence-electron chi connectivity index (χ1n) is 9.07. The molecule has 0 aliphatic carbocycles. The molecule has 0 spiro atoms. The lowest BCUT2D eigenvalue weighted by atomic mass is 10.1. The summed E-state index contributed by atoms with van der Waals surface area (Å²) in [5.74, 6) is 3.76. The van der Waals surface area contributed by atoms with Crippen LogP contribution >= 0.6 is 35.7 Å². The van der Waals surface area contributed by atoms with E-state index in [9.17, 15) is 0 Å². The van der Waals surface area contributed by atoms with Crippen molar-refractivity contribution < 1.29 is 9.47 Å². The Balaban J connectivity index is 0.00000338. The van der Waals surface area contributed by atoms with Crippen molar-refractivity contribution in [2.24, 2.45) is 4.99 Å². The highest BCUT2D eigenvalue weighted by Crippen LogP contribution is 2.27. The topological polar surface area (TPSA) is 46.1 Å². The zero-order valence-electron chi connectivity index (χ0n) is 16.3. The fraction of sp³-hybridized carbons (Fsp3) is 0.632. The molecule has 1 unspecified atom stereocenters. The molecule has 1 aromatic carbocycles. The number of hydrogen-bond donors (Lipinski definition) is 1. The first kappa shape index (κ1) is 23.2. The molecule has 1 aromatic rings. The van der Waals surface area contributed by atoms with Gasteiger partial charge in [0, 0.05) is 37.2 Å². The zero-order valence-corrected chi connectivity index (χ0v) is 19.4. The van der Waals surface area contributed by atoms with Gasteiger partial charge in [-0.25, -0.2) is 0 Å². The van der Waals surface area contributed by atoms with Crippen LogP contribution in [0.4, 0.5) is 0 Å². The van der Waals surface area contributed by atoms with Crippen LogP contribution in [-0.4, -0.2) is 62.3 Å². The van der Waals surface area contributed by atoms with Crippen LogP contribution in [0, 0.1) is 0 Å². The van der Waals surface area contributed by atoms with Crippen LogP contribution in [-0.2, 0) is 6.42 Å². The molecule has 7 heteroatoms. The predicted octanol–water partition coefficient (Wildman–Crippen LogP) is 3.66. The third-order valence-electron chi connectivity index (χ3n) is 4.34. The molecule has 1 atom stereocenters. The van der Waals surface area contributed by atoms with E-state index in [4.69, 9.17) is 14.5 Å². The van der Waals surface area contributed by atoms with Gasteiger partial charge in [0.25, 0.3) is 0 Å². The molecule has 0 saturated carbocycles. The van der Waals surface area contributed by atoms with Gasteiger partial charge in [-0.1, -0.05) is 13.0 Å². The van der Waals surface area contributed by atoms with Crippen molar-refractivity contribution in [2.75, 3.05) is 46.2 Å². The number of methoxy groups -OCH3 is 2. The number of halogens is 1. The Morgan fingerprint density at radius 3 is 2.69 bits per heavy atom. The highest BCUT2D eigenvalue weighted by molar-refractivity contribution is 14.0. The molecule has 1 aliphatic heterocycles. The minimum Gasteiger partial charge on any atom is -0.493 e. The van der Waals surface area contributed by atoms with Crippen LogP contribution < -0.4 is 14.8 Å². The van der Waals surface area contributed by atoms with Crippen LogP contribution in [0.5, 0.6) is 11.5 Å². The number of hydrogen-bond acceptors (Lipinski definition) is 4. The maximum atomic E-state index is 5.38. The van der Waals surface area contributed by atoms with Crippen molar-refractivity contribution >= 4 is 41.7 Å². The Kier molecular flexibility index (Phi) is 11.2. The van der Waals surface area contributed by atoms with Crippen LogP contribution in [0.2, 0.25) is 0 Å². The van der Waals surface area contributed by atoms with E-state index < -0.39 is 0 Å². The molecule has 1 saturated heterocycles. The van der Waals surface area contributed by atoms with Crippen molar-refractivity contribution in [3.8, 4) is 11.5 Å². The van der Waals surface area contributed by atoms with Crippen molar-refractivity contribution in [3.63, 3.8) is 0 Å². The van der Waals surface area contributed by atoms with E-state index in [0.717, 1.165) is 50.1 Å². The number of guanidine groups is 1. The maximum Gasteiger partial charge on any atom is 0.193 e. The first-order chi connectivity index (χ1) is 12.2. The minimum absolute atomic E-state index is 0. The maximum absolute atomic E-state index is 5.38. The summed E-state index contributed by atoms with van der Waals surface area (Å²) in [6.45, 7) is 8.21.